The first-order valence-electron chi connectivity index (χ1n) is 7.17. The van der Waals surface area contributed by atoms with Crippen molar-refractivity contribution in [3.8, 4) is 0 Å². The average Bonchev–Trinajstić information content (AvgIpc) is 2.85. The van der Waals surface area contributed by atoms with Crippen molar-refractivity contribution in [2.75, 3.05) is 19.6 Å². The predicted octanol–water partition coefficient (Wildman–Crippen LogP) is 2.80. The largest absolute Gasteiger partial charge is 0.513 e. The van der Waals surface area contributed by atoms with Crippen molar-refractivity contribution in [3.63, 3.8) is 0 Å². The molecule has 3 nitrogen and oxygen atoms in total. The first-order chi connectivity index (χ1) is 8.65. The van der Waals surface area contributed by atoms with Gasteiger partial charge in [-0.1, -0.05) is 12.5 Å². The summed E-state index contributed by atoms with van der Waals surface area (Å²) in [6.07, 6.45) is 9.80. The molecule has 0 aromatic heterocycles. The highest BCUT2D eigenvalue weighted by Crippen LogP contribution is 2.37. The van der Waals surface area contributed by atoms with Gasteiger partial charge in [-0.15, -0.1) is 0 Å². The highest BCUT2D eigenvalue weighted by atomic mass is 16.3. The summed E-state index contributed by atoms with van der Waals surface area (Å²) in [7, 11) is 0. The Labute approximate surface area is 110 Å². The molecule has 2 atom stereocenters. The number of aliphatic hydroxyl groups is 1. The molecule has 102 valence electrons. The zero-order chi connectivity index (χ0) is 13.0. The fraction of sp³-hybridized carbons (Fsp3) is 0.733. The molecule has 0 aromatic carbocycles. The lowest BCUT2D eigenvalue weighted by Crippen LogP contribution is -2.24. The minimum absolute atomic E-state index is 0.367. The number of nitrogens with zero attached hydrogens (tertiary/aromatic N) is 1. The van der Waals surface area contributed by atoms with E-state index < -0.39 is 0 Å². The lowest BCUT2D eigenvalue weighted by molar-refractivity contribution is 0.314. The molecule has 2 unspecified atom stereocenters. The molecule has 1 saturated carbocycles. The SMILES string of the molecule is C/C(O)=C\C/C=C(\N)CCN1CC2CCCC2C1. The summed E-state index contributed by atoms with van der Waals surface area (Å²) >= 11 is 0. The molecule has 0 bridgehead atoms. The van der Waals surface area contributed by atoms with Crippen molar-refractivity contribution in [3.05, 3.63) is 23.6 Å². The van der Waals surface area contributed by atoms with Crippen molar-refractivity contribution in [1.82, 2.24) is 4.90 Å². The predicted molar refractivity (Wildman–Crippen MR) is 75.2 cm³/mol. The second-order valence-corrected chi connectivity index (χ2v) is 5.82. The molecule has 1 heterocycles. The van der Waals surface area contributed by atoms with Gasteiger partial charge in [0.15, 0.2) is 0 Å². The van der Waals surface area contributed by atoms with Gasteiger partial charge in [0, 0.05) is 25.3 Å². The van der Waals surface area contributed by atoms with Crippen LogP contribution in [0.4, 0.5) is 0 Å². The van der Waals surface area contributed by atoms with Crippen molar-refractivity contribution in [2.24, 2.45) is 17.6 Å². The van der Waals surface area contributed by atoms with E-state index in [0.717, 1.165) is 36.9 Å². The van der Waals surface area contributed by atoms with Crippen molar-refractivity contribution in [2.45, 2.75) is 39.0 Å². The van der Waals surface area contributed by atoms with E-state index in [-0.39, 0.29) is 0 Å². The Kier molecular flexibility index (Phi) is 4.70. The van der Waals surface area contributed by atoms with Crippen LogP contribution in [0.15, 0.2) is 23.6 Å². The van der Waals surface area contributed by atoms with Crippen LogP contribution in [-0.4, -0.2) is 29.6 Å². The monoisotopic (exact) mass is 250 g/mol. The van der Waals surface area contributed by atoms with Gasteiger partial charge < -0.3 is 15.7 Å². The molecule has 2 fully saturated rings. The van der Waals surface area contributed by atoms with Crippen LogP contribution in [0.1, 0.15) is 39.0 Å². The molecule has 2 rings (SSSR count). The maximum Gasteiger partial charge on any atom is 0.0855 e. The third-order valence-corrected chi connectivity index (χ3v) is 4.31. The normalized spacial score (nSPS) is 29.8. The van der Waals surface area contributed by atoms with Crippen molar-refractivity contribution in [1.29, 1.82) is 0 Å². The number of allylic oxidation sites excluding steroid dienone is 3. The molecular formula is C15H26N2O. The van der Waals surface area contributed by atoms with Crippen LogP contribution < -0.4 is 5.73 Å². The number of hydrogen-bond acceptors (Lipinski definition) is 3. The van der Waals surface area contributed by atoms with Gasteiger partial charge in [-0.25, -0.2) is 0 Å². The summed E-state index contributed by atoms with van der Waals surface area (Å²) < 4.78 is 0. The Morgan fingerprint density at radius 2 is 1.94 bits per heavy atom. The molecule has 1 saturated heterocycles. The number of rotatable bonds is 5. The minimum Gasteiger partial charge on any atom is -0.513 e. The molecule has 1 aliphatic carbocycles. The molecule has 0 aromatic rings. The number of aliphatic hydroxyl groups excluding tert-OH is 1. The Morgan fingerprint density at radius 3 is 2.56 bits per heavy atom. The van der Waals surface area contributed by atoms with E-state index in [2.05, 4.69) is 4.90 Å². The Hall–Kier alpha value is -0.960. The molecule has 3 N–H and O–H groups in total. The van der Waals surface area contributed by atoms with E-state index in [4.69, 9.17) is 10.8 Å². The van der Waals surface area contributed by atoms with E-state index in [1.807, 2.05) is 6.08 Å². The third kappa shape index (κ3) is 3.77. The Balaban J connectivity index is 1.67. The Bertz CT molecular complexity index is 319. The summed E-state index contributed by atoms with van der Waals surface area (Å²) in [4.78, 5) is 2.57. The zero-order valence-corrected chi connectivity index (χ0v) is 11.4. The second-order valence-electron chi connectivity index (χ2n) is 5.82. The number of nitrogens with two attached hydrogens (primary N) is 1. The molecule has 18 heavy (non-hydrogen) atoms. The number of hydrogen-bond donors (Lipinski definition) is 2. The highest BCUT2D eigenvalue weighted by molar-refractivity contribution is 5.03. The first-order valence-corrected chi connectivity index (χ1v) is 7.17. The molecule has 3 heteroatoms. The first kappa shape index (κ1) is 13.5. The molecule has 0 amide bonds. The molecule has 0 radical (unpaired) electrons. The van der Waals surface area contributed by atoms with E-state index in [0.29, 0.717) is 5.76 Å². The summed E-state index contributed by atoms with van der Waals surface area (Å²) in [6.45, 7) is 5.35. The fourth-order valence-electron chi connectivity index (χ4n) is 3.28. The van der Waals surface area contributed by atoms with Crippen LogP contribution in [-0.2, 0) is 0 Å². The summed E-state index contributed by atoms with van der Waals surface area (Å²) in [6, 6.07) is 0. The molecule has 0 spiro atoms. The van der Waals surface area contributed by atoms with Crippen LogP contribution in [0, 0.1) is 11.8 Å². The van der Waals surface area contributed by atoms with Crippen LogP contribution in [0.5, 0.6) is 0 Å². The van der Waals surface area contributed by atoms with Crippen molar-refractivity contribution < 1.29 is 5.11 Å². The number of fused-ring (bicyclic) bond motifs is 1. The molecular weight excluding hydrogens is 224 g/mol. The molecule has 1 aliphatic heterocycles. The maximum absolute atomic E-state index is 9.04. The van der Waals surface area contributed by atoms with Crippen LogP contribution in [0.25, 0.3) is 0 Å². The fourth-order valence-corrected chi connectivity index (χ4v) is 3.28. The van der Waals surface area contributed by atoms with Gasteiger partial charge >= 0.3 is 0 Å². The van der Waals surface area contributed by atoms with Gasteiger partial charge in [0.05, 0.1) is 5.76 Å². The van der Waals surface area contributed by atoms with Gasteiger partial charge in [0.2, 0.25) is 0 Å². The quantitative estimate of drug-likeness (QED) is 0.738. The van der Waals surface area contributed by atoms with Gasteiger partial charge in [-0.05, 0) is 50.5 Å². The standard InChI is InChI=1S/C15H26N2O/c1-12(18)4-2-7-15(16)8-9-17-10-13-5-3-6-14(13)11-17/h4,7,13-14,18H,2-3,5-6,8-11,16H2,1H3/b12-4+,15-7-. The van der Waals surface area contributed by atoms with Crippen LogP contribution >= 0.6 is 0 Å². The van der Waals surface area contributed by atoms with Crippen LogP contribution in [0.2, 0.25) is 0 Å². The topological polar surface area (TPSA) is 49.5 Å². The summed E-state index contributed by atoms with van der Waals surface area (Å²) in [5, 5.41) is 9.04. The van der Waals surface area contributed by atoms with Crippen LogP contribution in [0.3, 0.4) is 0 Å². The summed E-state index contributed by atoms with van der Waals surface area (Å²) in [5.41, 5.74) is 6.93. The lowest BCUT2D eigenvalue weighted by atomic mass is 10.0. The average molecular weight is 250 g/mol. The van der Waals surface area contributed by atoms with Gasteiger partial charge in [-0.2, -0.15) is 0 Å². The Morgan fingerprint density at radius 1 is 1.28 bits per heavy atom. The van der Waals surface area contributed by atoms with E-state index in [1.165, 1.54) is 32.4 Å². The van der Waals surface area contributed by atoms with E-state index in [9.17, 15) is 0 Å². The highest BCUT2D eigenvalue weighted by Gasteiger charge is 2.35. The lowest BCUT2D eigenvalue weighted by Gasteiger charge is -2.16. The zero-order valence-electron chi connectivity index (χ0n) is 11.4. The number of likely N-dealkylation sites (tertiary alicyclic amines) is 1. The second kappa shape index (κ2) is 6.28. The van der Waals surface area contributed by atoms with E-state index in [1.54, 1.807) is 13.0 Å². The van der Waals surface area contributed by atoms with Gasteiger partial charge in [0.1, 0.15) is 0 Å². The maximum atomic E-state index is 9.04. The third-order valence-electron chi connectivity index (χ3n) is 4.31. The van der Waals surface area contributed by atoms with Crippen molar-refractivity contribution >= 4 is 0 Å². The van der Waals surface area contributed by atoms with Gasteiger partial charge in [0.25, 0.3) is 0 Å². The van der Waals surface area contributed by atoms with Gasteiger partial charge in [-0.3, -0.25) is 0 Å². The summed E-state index contributed by atoms with van der Waals surface area (Å²) in [5.74, 6) is 2.30. The van der Waals surface area contributed by atoms with E-state index >= 15 is 0 Å². The minimum atomic E-state index is 0.367. The molecule has 2 aliphatic rings. The smallest absolute Gasteiger partial charge is 0.0855 e.